The molecule has 3 nitrogen and oxygen atoms in total. The van der Waals surface area contributed by atoms with Gasteiger partial charge in [-0.25, -0.2) is 0 Å². The molecule has 0 aliphatic rings. The van der Waals surface area contributed by atoms with Gasteiger partial charge in [-0.1, -0.05) is 41.5 Å². The molecule has 3 N–H and O–H groups in total. The van der Waals surface area contributed by atoms with Crippen molar-refractivity contribution in [1.29, 1.82) is 0 Å². The van der Waals surface area contributed by atoms with E-state index < -0.39 is 0 Å². The third kappa shape index (κ3) is 8.19. The number of amides is 1. The van der Waals surface area contributed by atoms with Crippen molar-refractivity contribution in [1.82, 2.24) is 5.32 Å². The van der Waals surface area contributed by atoms with Crippen LogP contribution in [0.15, 0.2) is 0 Å². The molecule has 0 spiro atoms. The third-order valence-corrected chi connectivity index (χ3v) is 2.91. The Balaban J connectivity index is 4.09. The molecule has 0 heterocycles. The Morgan fingerprint density at radius 2 is 1.82 bits per heavy atom. The Hall–Kier alpha value is -0.570. The zero-order chi connectivity index (χ0) is 13.6. The highest BCUT2D eigenvalue weighted by molar-refractivity contribution is 5.76. The Bertz CT molecular complexity index is 231. The summed E-state index contributed by atoms with van der Waals surface area (Å²) in [7, 11) is 0. The van der Waals surface area contributed by atoms with E-state index in [1.165, 1.54) is 0 Å². The van der Waals surface area contributed by atoms with Gasteiger partial charge in [0, 0.05) is 18.5 Å². The monoisotopic (exact) mass is 242 g/mol. The second-order valence-corrected chi connectivity index (χ2v) is 6.56. The van der Waals surface area contributed by atoms with E-state index in [0.717, 1.165) is 12.8 Å². The lowest BCUT2D eigenvalue weighted by Gasteiger charge is -2.25. The van der Waals surface area contributed by atoms with Gasteiger partial charge in [-0.15, -0.1) is 0 Å². The molecule has 17 heavy (non-hydrogen) atoms. The molecule has 0 bridgehead atoms. The standard InChI is InChI=1S/C14H30N2O/c1-7-12(10(2)3)16-13(17)8-11(15)9-14(4,5)6/h10-12H,7-9,15H2,1-6H3,(H,16,17). The molecule has 0 radical (unpaired) electrons. The van der Waals surface area contributed by atoms with Crippen molar-refractivity contribution in [2.45, 2.75) is 72.9 Å². The maximum atomic E-state index is 11.8. The number of nitrogens with two attached hydrogens (primary N) is 1. The van der Waals surface area contributed by atoms with Crippen LogP contribution in [0.2, 0.25) is 0 Å². The molecule has 2 unspecified atom stereocenters. The molecule has 3 heteroatoms. The number of hydrogen-bond acceptors (Lipinski definition) is 2. The van der Waals surface area contributed by atoms with Gasteiger partial charge in [0.15, 0.2) is 0 Å². The summed E-state index contributed by atoms with van der Waals surface area (Å²) in [6, 6.07) is 0.226. The summed E-state index contributed by atoms with van der Waals surface area (Å²) >= 11 is 0. The first-order valence-electron chi connectivity index (χ1n) is 6.70. The minimum atomic E-state index is -0.0420. The molecule has 2 atom stereocenters. The second kappa shape index (κ2) is 7.00. The smallest absolute Gasteiger partial charge is 0.221 e. The van der Waals surface area contributed by atoms with E-state index >= 15 is 0 Å². The Morgan fingerprint density at radius 3 is 2.18 bits per heavy atom. The molecule has 0 fully saturated rings. The number of rotatable bonds is 6. The van der Waals surface area contributed by atoms with Crippen LogP contribution >= 0.6 is 0 Å². The Kier molecular flexibility index (Phi) is 6.76. The molecule has 0 saturated carbocycles. The fourth-order valence-electron chi connectivity index (χ4n) is 2.10. The fourth-order valence-corrected chi connectivity index (χ4v) is 2.10. The first kappa shape index (κ1) is 16.4. The van der Waals surface area contributed by atoms with E-state index in [2.05, 4.69) is 46.9 Å². The first-order valence-corrected chi connectivity index (χ1v) is 6.70. The molecule has 0 aliphatic heterocycles. The highest BCUT2D eigenvalue weighted by atomic mass is 16.1. The number of carbonyl (C=O) groups is 1. The van der Waals surface area contributed by atoms with Gasteiger partial charge >= 0.3 is 0 Å². The highest BCUT2D eigenvalue weighted by Crippen LogP contribution is 2.21. The lowest BCUT2D eigenvalue weighted by Crippen LogP contribution is -2.41. The molecular formula is C14H30N2O. The van der Waals surface area contributed by atoms with Gasteiger partial charge in [0.1, 0.15) is 0 Å². The maximum absolute atomic E-state index is 11.8. The number of hydrogen-bond donors (Lipinski definition) is 2. The fraction of sp³-hybridized carbons (Fsp3) is 0.929. The van der Waals surface area contributed by atoms with E-state index in [9.17, 15) is 4.79 Å². The van der Waals surface area contributed by atoms with Crippen molar-refractivity contribution in [3.05, 3.63) is 0 Å². The molecule has 0 aliphatic carbocycles. The normalized spacial score (nSPS) is 15.8. The molecule has 0 rings (SSSR count). The molecular weight excluding hydrogens is 212 g/mol. The molecule has 0 aromatic heterocycles. The van der Waals surface area contributed by atoms with Crippen LogP contribution in [0.1, 0.15) is 60.8 Å². The van der Waals surface area contributed by atoms with Crippen LogP contribution in [0.3, 0.4) is 0 Å². The van der Waals surface area contributed by atoms with Crippen LogP contribution in [0.5, 0.6) is 0 Å². The first-order chi connectivity index (χ1) is 7.65. The van der Waals surface area contributed by atoms with Crippen LogP contribution in [-0.2, 0) is 4.79 Å². The van der Waals surface area contributed by atoms with Gasteiger partial charge in [-0.05, 0) is 24.2 Å². The van der Waals surface area contributed by atoms with Gasteiger partial charge in [-0.2, -0.15) is 0 Å². The zero-order valence-corrected chi connectivity index (χ0v) is 12.3. The van der Waals surface area contributed by atoms with Gasteiger partial charge in [-0.3, -0.25) is 4.79 Å². The largest absolute Gasteiger partial charge is 0.353 e. The van der Waals surface area contributed by atoms with Gasteiger partial charge in [0.05, 0.1) is 0 Å². The van der Waals surface area contributed by atoms with Gasteiger partial charge in [0.2, 0.25) is 5.91 Å². The molecule has 0 saturated heterocycles. The summed E-state index contributed by atoms with van der Waals surface area (Å²) < 4.78 is 0. The maximum Gasteiger partial charge on any atom is 0.221 e. The van der Waals surface area contributed by atoms with Crippen molar-refractivity contribution in [3.63, 3.8) is 0 Å². The topological polar surface area (TPSA) is 55.1 Å². The zero-order valence-electron chi connectivity index (χ0n) is 12.3. The summed E-state index contributed by atoms with van der Waals surface area (Å²) in [5.74, 6) is 0.560. The van der Waals surface area contributed by atoms with Crippen molar-refractivity contribution < 1.29 is 4.79 Å². The van der Waals surface area contributed by atoms with Crippen LogP contribution in [0, 0.1) is 11.3 Å². The van der Waals surface area contributed by atoms with E-state index in [0.29, 0.717) is 12.3 Å². The third-order valence-electron chi connectivity index (χ3n) is 2.91. The van der Waals surface area contributed by atoms with Gasteiger partial charge in [0.25, 0.3) is 0 Å². The number of nitrogens with one attached hydrogen (secondary N) is 1. The van der Waals surface area contributed by atoms with Crippen LogP contribution < -0.4 is 11.1 Å². The second-order valence-electron chi connectivity index (χ2n) is 6.56. The minimum Gasteiger partial charge on any atom is -0.353 e. The summed E-state index contributed by atoms with van der Waals surface area (Å²) in [6.07, 6.45) is 2.28. The molecule has 102 valence electrons. The lowest BCUT2D eigenvalue weighted by molar-refractivity contribution is -0.122. The average Bonchev–Trinajstić information content (AvgIpc) is 2.09. The summed E-state index contributed by atoms with van der Waals surface area (Å²) in [4.78, 5) is 11.8. The van der Waals surface area contributed by atoms with Crippen LogP contribution in [-0.4, -0.2) is 18.0 Å². The quantitative estimate of drug-likeness (QED) is 0.752. The molecule has 0 aromatic rings. The summed E-state index contributed by atoms with van der Waals surface area (Å²) in [5.41, 5.74) is 6.18. The van der Waals surface area contributed by atoms with Crippen molar-refractivity contribution in [3.8, 4) is 0 Å². The van der Waals surface area contributed by atoms with E-state index in [1.807, 2.05) is 0 Å². The molecule has 0 aromatic carbocycles. The number of carbonyl (C=O) groups excluding carboxylic acids is 1. The van der Waals surface area contributed by atoms with Crippen LogP contribution in [0.4, 0.5) is 0 Å². The van der Waals surface area contributed by atoms with Crippen LogP contribution in [0.25, 0.3) is 0 Å². The van der Waals surface area contributed by atoms with Crippen molar-refractivity contribution >= 4 is 5.91 Å². The predicted octanol–water partition coefficient (Wildman–Crippen LogP) is 2.69. The summed E-state index contributed by atoms with van der Waals surface area (Å²) in [6.45, 7) is 12.8. The van der Waals surface area contributed by atoms with Crippen molar-refractivity contribution in [2.75, 3.05) is 0 Å². The summed E-state index contributed by atoms with van der Waals surface area (Å²) in [5, 5.41) is 3.06. The molecule has 1 amide bonds. The average molecular weight is 242 g/mol. The SMILES string of the molecule is CCC(NC(=O)CC(N)CC(C)(C)C)C(C)C. The Labute approximate surface area is 107 Å². The lowest BCUT2D eigenvalue weighted by atomic mass is 9.87. The van der Waals surface area contributed by atoms with E-state index in [-0.39, 0.29) is 23.4 Å². The van der Waals surface area contributed by atoms with E-state index in [4.69, 9.17) is 5.73 Å². The highest BCUT2D eigenvalue weighted by Gasteiger charge is 2.20. The van der Waals surface area contributed by atoms with Crippen molar-refractivity contribution in [2.24, 2.45) is 17.1 Å². The predicted molar refractivity (Wildman–Crippen MR) is 73.7 cm³/mol. The van der Waals surface area contributed by atoms with E-state index in [1.54, 1.807) is 0 Å². The minimum absolute atomic E-state index is 0.0420. The van der Waals surface area contributed by atoms with Gasteiger partial charge < -0.3 is 11.1 Å². The Morgan fingerprint density at radius 1 is 1.29 bits per heavy atom.